The van der Waals surface area contributed by atoms with Crippen LogP contribution >= 0.6 is 0 Å². The van der Waals surface area contributed by atoms with Gasteiger partial charge in [0.15, 0.2) is 5.92 Å². The van der Waals surface area contributed by atoms with Gasteiger partial charge in [0.05, 0.1) is 0 Å². The molecule has 1 aromatic carbocycles. The zero-order valence-electron chi connectivity index (χ0n) is 8.93. The third-order valence-electron chi connectivity index (χ3n) is 2.19. The monoisotopic (exact) mass is 219 g/mol. The Morgan fingerprint density at radius 3 is 2.56 bits per heavy atom. The fourth-order valence-corrected chi connectivity index (χ4v) is 1.24. The summed E-state index contributed by atoms with van der Waals surface area (Å²) in [6.45, 7) is 5.16. The van der Waals surface area contributed by atoms with Crippen LogP contribution in [0.4, 0.5) is 5.69 Å². The van der Waals surface area contributed by atoms with E-state index < -0.39 is 17.8 Å². The minimum Gasteiger partial charge on any atom is -0.480 e. The first-order valence-electron chi connectivity index (χ1n) is 4.78. The maximum atomic E-state index is 11.6. The fraction of sp³-hybridized carbons (Fsp3) is 0.167. The summed E-state index contributed by atoms with van der Waals surface area (Å²) >= 11 is 0. The van der Waals surface area contributed by atoms with E-state index in [1.54, 1.807) is 12.1 Å². The molecule has 0 heterocycles. The highest BCUT2D eigenvalue weighted by atomic mass is 16.4. The zero-order valence-corrected chi connectivity index (χ0v) is 8.93. The number of carbonyl (C=O) groups excluding carboxylic acids is 1. The highest BCUT2D eigenvalue weighted by Crippen LogP contribution is 2.14. The molecule has 0 aromatic heterocycles. The minimum absolute atomic E-state index is 0.586. The molecule has 0 aliphatic carbocycles. The first-order chi connectivity index (χ1) is 7.56. The van der Waals surface area contributed by atoms with Crippen LogP contribution in [0.3, 0.4) is 0 Å². The van der Waals surface area contributed by atoms with Gasteiger partial charge < -0.3 is 10.4 Å². The number of benzene rings is 1. The molecule has 16 heavy (non-hydrogen) atoms. The summed E-state index contributed by atoms with van der Waals surface area (Å²) in [6, 6.07) is 7.16. The van der Waals surface area contributed by atoms with Gasteiger partial charge in [0, 0.05) is 5.69 Å². The van der Waals surface area contributed by atoms with E-state index in [-0.39, 0.29) is 0 Å². The molecule has 1 rings (SSSR count). The number of hydrogen-bond acceptors (Lipinski definition) is 2. The molecule has 1 unspecified atom stereocenters. The maximum Gasteiger partial charge on any atom is 0.319 e. The molecule has 0 bridgehead atoms. The number of aryl methyl sites for hydroxylation is 1. The van der Waals surface area contributed by atoms with E-state index in [0.29, 0.717) is 5.69 Å². The van der Waals surface area contributed by atoms with Gasteiger partial charge in [-0.2, -0.15) is 0 Å². The quantitative estimate of drug-likeness (QED) is 0.599. The molecule has 0 fully saturated rings. The van der Waals surface area contributed by atoms with Crippen LogP contribution < -0.4 is 5.32 Å². The average molecular weight is 219 g/mol. The van der Waals surface area contributed by atoms with Crippen LogP contribution in [0.15, 0.2) is 36.9 Å². The lowest BCUT2D eigenvalue weighted by molar-refractivity contribution is -0.143. The number of nitrogens with one attached hydrogen (secondary N) is 1. The van der Waals surface area contributed by atoms with Gasteiger partial charge in [-0.15, -0.1) is 6.58 Å². The van der Waals surface area contributed by atoms with Gasteiger partial charge in [0.25, 0.3) is 0 Å². The van der Waals surface area contributed by atoms with Crippen LogP contribution in [-0.2, 0) is 9.59 Å². The summed E-state index contributed by atoms with van der Waals surface area (Å²) in [7, 11) is 0. The fourth-order valence-electron chi connectivity index (χ4n) is 1.24. The average Bonchev–Trinajstić information content (AvgIpc) is 2.22. The van der Waals surface area contributed by atoms with E-state index in [1.807, 2.05) is 19.1 Å². The van der Waals surface area contributed by atoms with Crippen molar-refractivity contribution in [1.82, 2.24) is 0 Å². The van der Waals surface area contributed by atoms with Gasteiger partial charge in [-0.3, -0.25) is 9.59 Å². The predicted molar refractivity (Wildman–Crippen MR) is 61.1 cm³/mol. The van der Waals surface area contributed by atoms with Crippen molar-refractivity contribution in [2.75, 3.05) is 5.32 Å². The van der Waals surface area contributed by atoms with Gasteiger partial charge >= 0.3 is 5.97 Å². The number of carbonyl (C=O) groups is 2. The first-order valence-corrected chi connectivity index (χ1v) is 4.78. The van der Waals surface area contributed by atoms with E-state index in [1.165, 1.54) is 0 Å². The number of anilines is 1. The van der Waals surface area contributed by atoms with Gasteiger partial charge in [0.2, 0.25) is 5.91 Å². The number of carboxylic acids is 1. The Bertz CT molecular complexity index is 426. The van der Waals surface area contributed by atoms with Gasteiger partial charge in [-0.25, -0.2) is 0 Å². The lowest BCUT2D eigenvalue weighted by Crippen LogP contribution is -2.27. The van der Waals surface area contributed by atoms with Crippen molar-refractivity contribution in [3.63, 3.8) is 0 Å². The first kappa shape index (κ1) is 12.0. The molecule has 0 radical (unpaired) electrons. The van der Waals surface area contributed by atoms with Crippen LogP contribution in [0.5, 0.6) is 0 Å². The third kappa shape index (κ3) is 2.70. The molecule has 1 aromatic rings. The normalized spacial score (nSPS) is 11.6. The lowest BCUT2D eigenvalue weighted by atomic mass is 10.1. The molecule has 0 spiro atoms. The Labute approximate surface area is 93.6 Å². The van der Waals surface area contributed by atoms with E-state index in [4.69, 9.17) is 5.11 Å². The number of carboxylic acid groups (broad SMARTS) is 1. The third-order valence-corrected chi connectivity index (χ3v) is 2.19. The van der Waals surface area contributed by atoms with Crippen LogP contribution in [0.2, 0.25) is 0 Å². The molecule has 0 aliphatic heterocycles. The summed E-state index contributed by atoms with van der Waals surface area (Å²) in [4.78, 5) is 22.3. The molecular weight excluding hydrogens is 206 g/mol. The second-order valence-corrected chi connectivity index (χ2v) is 3.36. The van der Waals surface area contributed by atoms with E-state index in [2.05, 4.69) is 11.9 Å². The van der Waals surface area contributed by atoms with Crippen LogP contribution in [0, 0.1) is 12.8 Å². The topological polar surface area (TPSA) is 66.4 Å². The van der Waals surface area contributed by atoms with Crippen LogP contribution in [0.25, 0.3) is 0 Å². The molecule has 0 saturated heterocycles. The Morgan fingerprint density at radius 1 is 1.44 bits per heavy atom. The Balaban J connectivity index is 2.82. The molecule has 4 nitrogen and oxygen atoms in total. The second-order valence-electron chi connectivity index (χ2n) is 3.36. The zero-order chi connectivity index (χ0) is 12.1. The SMILES string of the molecule is C=CC(C(=O)O)C(=O)Nc1ccccc1C. The highest BCUT2D eigenvalue weighted by Gasteiger charge is 2.22. The molecule has 0 aliphatic rings. The Hall–Kier alpha value is -2.10. The van der Waals surface area contributed by atoms with E-state index in [0.717, 1.165) is 11.6 Å². The van der Waals surface area contributed by atoms with Crippen molar-refractivity contribution in [3.8, 4) is 0 Å². The van der Waals surface area contributed by atoms with Crippen LogP contribution in [-0.4, -0.2) is 17.0 Å². The molecule has 0 saturated carbocycles. The molecule has 1 amide bonds. The highest BCUT2D eigenvalue weighted by molar-refractivity contribution is 6.05. The number of aliphatic carboxylic acids is 1. The van der Waals surface area contributed by atoms with Crippen molar-refractivity contribution in [3.05, 3.63) is 42.5 Å². The summed E-state index contributed by atoms with van der Waals surface area (Å²) in [5.74, 6) is -3.02. The van der Waals surface area contributed by atoms with Crippen LogP contribution in [0.1, 0.15) is 5.56 Å². The largest absolute Gasteiger partial charge is 0.480 e. The van der Waals surface area contributed by atoms with Crippen molar-refractivity contribution in [1.29, 1.82) is 0 Å². The van der Waals surface area contributed by atoms with Crippen molar-refractivity contribution < 1.29 is 14.7 Å². The lowest BCUT2D eigenvalue weighted by Gasteiger charge is -2.10. The van der Waals surface area contributed by atoms with E-state index >= 15 is 0 Å². The second kappa shape index (κ2) is 5.11. The smallest absolute Gasteiger partial charge is 0.319 e. The van der Waals surface area contributed by atoms with Crippen molar-refractivity contribution in [2.45, 2.75) is 6.92 Å². The molecular formula is C12H13NO3. The number of para-hydroxylation sites is 1. The minimum atomic E-state index is -1.22. The number of rotatable bonds is 4. The van der Waals surface area contributed by atoms with Gasteiger partial charge in [-0.1, -0.05) is 24.3 Å². The summed E-state index contributed by atoms with van der Waals surface area (Å²) in [5, 5.41) is 11.3. The summed E-state index contributed by atoms with van der Waals surface area (Å²) < 4.78 is 0. The number of hydrogen-bond donors (Lipinski definition) is 2. The van der Waals surface area contributed by atoms with Crippen molar-refractivity contribution >= 4 is 17.6 Å². The molecule has 1 atom stereocenters. The Kier molecular flexibility index (Phi) is 3.83. The predicted octanol–water partition coefficient (Wildman–Crippen LogP) is 1.82. The van der Waals surface area contributed by atoms with Gasteiger partial charge in [0.1, 0.15) is 0 Å². The molecule has 4 heteroatoms. The van der Waals surface area contributed by atoms with Crippen molar-refractivity contribution in [2.24, 2.45) is 5.92 Å². The summed E-state index contributed by atoms with van der Waals surface area (Å²) in [6.07, 6.45) is 1.11. The number of amides is 1. The molecule has 2 N–H and O–H groups in total. The Morgan fingerprint density at radius 2 is 2.06 bits per heavy atom. The molecule has 84 valence electrons. The standard InChI is InChI=1S/C12H13NO3/c1-3-9(12(15)16)11(14)13-10-7-5-4-6-8(10)2/h3-7,9H,1H2,2H3,(H,13,14)(H,15,16). The maximum absolute atomic E-state index is 11.6. The summed E-state index contributed by atoms with van der Waals surface area (Å²) in [5.41, 5.74) is 1.49. The van der Waals surface area contributed by atoms with Gasteiger partial charge in [-0.05, 0) is 18.6 Å². The van der Waals surface area contributed by atoms with E-state index in [9.17, 15) is 9.59 Å².